The van der Waals surface area contributed by atoms with Gasteiger partial charge in [0.25, 0.3) is 0 Å². The van der Waals surface area contributed by atoms with E-state index in [0.29, 0.717) is 19.8 Å². The van der Waals surface area contributed by atoms with Crippen LogP contribution in [0.15, 0.2) is 0 Å². The van der Waals surface area contributed by atoms with Crippen LogP contribution in [-0.2, 0) is 23.2 Å². The van der Waals surface area contributed by atoms with Gasteiger partial charge in [0.05, 0.1) is 0 Å². The second kappa shape index (κ2) is 16.1. The molecule has 0 aromatic carbocycles. The van der Waals surface area contributed by atoms with E-state index in [1.807, 2.05) is 0 Å². The second-order valence-electron chi connectivity index (χ2n) is 0. The minimum absolute atomic E-state index is 0. The summed E-state index contributed by atoms with van der Waals surface area (Å²) in [5.41, 5.74) is 0. The van der Waals surface area contributed by atoms with Gasteiger partial charge >= 0.3 is 23.2 Å². The van der Waals surface area contributed by atoms with E-state index in [1.54, 1.807) is 0 Å². The van der Waals surface area contributed by atoms with Crippen LogP contribution in [0.1, 0.15) is 0 Å². The molecule has 0 spiro atoms. The Morgan fingerprint density at radius 2 is 1.25 bits per heavy atom. The van der Waals surface area contributed by atoms with E-state index < -0.39 is 0 Å². The Bertz CT molecular complexity index is 8.00. The van der Waals surface area contributed by atoms with Crippen molar-refractivity contribution in [2.45, 2.75) is 0 Å². The van der Waals surface area contributed by atoms with Gasteiger partial charge in [-0.2, -0.15) is 0 Å². The molecule has 0 heterocycles. The molecular weight excluding hydrogens is 295 g/mol. The zero-order valence-corrected chi connectivity index (χ0v) is 10.7. The van der Waals surface area contributed by atoms with E-state index in [9.17, 15) is 0 Å². The molecule has 0 aliphatic rings. The molecular formula is KMoNdO. The Hall–Kier alpha value is 3.48. The molecule has 0 saturated carbocycles. The second-order valence-corrected chi connectivity index (χ2v) is 0. The Morgan fingerprint density at radius 3 is 1.25 bits per heavy atom. The fourth-order valence-electron chi connectivity index (χ4n) is 0. The van der Waals surface area contributed by atoms with Gasteiger partial charge in [-0.15, -0.1) is 0 Å². The molecule has 1 radical (unpaired) electrons. The van der Waals surface area contributed by atoms with Crippen molar-refractivity contribution in [3.05, 3.63) is 0 Å². The zero-order chi connectivity index (χ0) is 2.00. The van der Waals surface area contributed by atoms with Gasteiger partial charge in [0, 0.05) is 92.2 Å². The van der Waals surface area contributed by atoms with Crippen molar-refractivity contribution in [1.29, 1.82) is 0 Å². The first kappa shape index (κ1) is 15.6. The summed E-state index contributed by atoms with van der Waals surface area (Å²) in [4.78, 5) is 0. The number of hydrogen-bond acceptors (Lipinski definition) is 1. The van der Waals surface area contributed by atoms with Crippen molar-refractivity contribution in [1.82, 2.24) is 0 Å². The Kier molecular flexibility index (Phi) is 62.9. The number of hydrogen-bond donors (Lipinski definition) is 0. The topological polar surface area (TPSA) is 17.1 Å². The third-order valence-corrected chi connectivity index (χ3v) is 0. The Labute approximate surface area is 112 Å². The molecule has 0 aliphatic carbocycles. The number of rotatable bonds is 0. The molecule has 0 rings (SSSR count). The molecule has 1 nitrogen and oxygen atoms in total. The maximum atomic E-state index is 8.26. The molecule has 0 amide bonds. The van der Waals surface area contributed by atoms with Gasteiger partial charge in [0.2, 0.25) is 0 Å². The molecule has 0 unspecified atom stereocenters. The van der Waals surface area contributed by atoms with Gasteiger partial charge in [0.15, 0.2) is 0 Å². The van der Waals surface area contributed by atoms with Crippen LogP contribution in [-0.4, -0.2) is 51.4 Å². The molecule has 4 heteroatoms. The summed E-state index contributed by atoms with van der Waals surface area (Å²) in [6.45, 7) is 0. The monoisotopic (exact) mass is 295 g/mol. The zero-order valence-electron chi connectivity index (χ0n) is 2.32. The average Bonchev–Trinajstić information content (AvgIpc) is 1.00. The third kappa shape index (κ3) is 9.08. The van der Waals surface area contributed by atoms with Crippen molar-refractivity contribution in [2.75, 3.05) is 0 Å². The van der Waals surface area contributed by atoms with Gasteiger partial charge in [-0.25, -0.2) is 0 Å². The maximum absolute atomic E-state index is 8.26. The van der Waals surface area contributed by atoms with E-state index in [1.165, 1.54) is 0 Å². The van der Waals surface area contributed by atoms with Crippen molar-refractivity contribution >= 4 is 51.4 Å². The van der Waals surface area contributed by atoms with Crippen LogP contribution in [0.25, 0.3) is 0 Å². The van der Waals surface area contributed by atoms with Gasteiger partial charge in [-0.1, -0.05) is 0 Å². The van der Waals surface area contributed by atoms with Crippen LogP contribution in [0.2, 0.25) is 0 Å². The molecule has 0 N–H and O–H groups in total. The Morgan fingerprint density at radius 1 is 1.25 bits per heavy atom. The predicted molar refractivity (Wildman–Crippen MR) is 6.44 cm³/mol. The average molecular weight is 295 g/mol. The molecule has 0 atom stereocenters. The molecule has 0 bridgehead atoms. The molecule has 0 aromatic rings. The van der Waals surface area contributed by atoms with Crippen LogP contribution in [0, 0.1) is 40.8 Å². The van der Waals surface area contributed by atoms with Crippen molar-refractivity contribution in [3.63, 3.8) is 0 Å². The molecule has 0 fully saturated rings. The van der Waals surface area contributed by atoms with E-state index >= 15 is 0 Å². The van der Waals surface area contributed by atoms with E-state index in [4.69, 9.17) is 3.40 Å². The van der Waals surface area contributed by atoms with Crippen LogP contribution in [0.3, 0.4) is 0 Å². The van der Waals surface area contributed by atoms with E-state index in [0.717, 1.165) is 0 Å². The van der Waals surface area contributed by atoms with Crippen molar-refractivity contribution in [3.8, 4) is 0 Å². The Balaban J connectivity index is -0.00000000500. The summed E-state index contributed by atoms with van der Waals surface area (Å²) < 4.78 is 8.26. The van der Waals surface area contributed by atoms with Crippen LogP contribution < -0.4 is 0 Å². The first-order valence-electron chi connectivity index (χ1n) is 0.167. The summed E-state index contributed by atoms with van der Waals surface area (Å²) in [5.74, 6) is 0. The van der Waals surface area contributed by atoms with Crippen LogP contribution in [0.5, 0.6) is 0 Å². The summed E-state index contributed by atoms with van der Waals surface area (Å²) >= 11 is 0.700. The van der Waals surface area contributed by atoms with Crippen molar-refractivity contribution in [2.24, 2.45) is 0 Å². The summed E-state index contributed by atoms with van der Waals surface area (Å²) in [6, 6.07) is 0. The van der Waals surface area contributed by atoms with E-state index in [-0.39, 0.29) is 92.2 Å². The van der Waals surface area contributed by atoms with Crippen LogP contribution in [0.4, 0.5) is 0 Å². The summed E-state index contributed by atoms with van der Waals surface area (Å²) in [7, 11) is 0. The minimum atomic E-state index is 0. The molecule has 17 valence electrons. The third-order valence-electron chi connectivity index (χ3n) is 0. The van der Waals surface area contributed by atoms with Crippen molar-refractivity contribution < 1.29 is 64.0 Å². The fourth-order valence-corrected chi connectivity index (χ4v) is 0. The van der Waals surface area contributed by atoms with Crippen LogP contribution >= 0.6 is 0 Å². The van der Waals surface area contributed by atoms with Gasteiger partial charge < -0.3 is 0 Å². The molecule has 0 aliphatic heterocycles. The summed E-state index contributed by atoms with van der Waals surface area (Å²) in [5, 5.41) is 0. The predicted octanol–water partition coefficient (Wildman–Crippen LogP) is -0.502. The SMILES string of the molecule is [K].[Nd].[O]=[Mo]. The molecule has 4 heavy (non-hydrogen) atoms. The molecule has 0 aromatic heterocycles. The standard InChI is InChI=1S/K.Mo.Nd.O. The van der Waals surface area contributed by atoms with Gasteiger partial charge in [-0.3, -0.25) is 0 Å². The first-order valence-corrected chi connectivity index (χ1v) is 0.986. The van der Waals surface area contributed by atoms with E-state index in [2.05, 4.69) is 0 Å². The first-order chi connectivity index (χ1) is 1.00. The van der Waals surface area contributed by atoms with Gasteiger partial charge in [0.1, 0.15) is 0 Å². The molecule has 0 saturated heterocycles. The normalized spacial score (nSPS) is 1.00. The fraction of sp³-hybridized carbons (Fsp3) is 0. The quantitative estimate of drug-likeness (QED) is 0.551. The van der Waals surface area contributed by atoms with Gasteiger partial charge in [-0.05, 0) is 0 Å². The summed E-state index contributed by atoms with van der Waals surface area (Å²) in [6.07, 6.45) is 0.